The minimum absolute atomic E-state index is 0.104. The fraction of sp³-hybridized carbons (Fsp3) is 0.429. The van der Waals surface area contributed by atoms with Crippen molar-refractivity contribution in [1.29, 1.82) is 0 Å². The highest BCUT2D eigenvalue weighted by Gasteiger charge is 2.09. The zero-order valence-corrected chi connectivity index (χ0v) is 11.8. The van der Waals surface area contributed by atoms with Crippen molar-refractivity contribution in [2.45, 2.75) is 40.3 Å². The summed E-state index contributed by atoms with van der Waals surface area (Å²) in [6.45, 7) is 8.70. The molecule has 0 radical (unpaired) electrons. The third-order valence-electron chi connectivity index (χ3n) is 2.85. The van der Waals surface area contributed by atoms with Crippen molar-refractivity contribution in [1.82, 2.24) is 15.2 Å². The van der Waals surface area contributed by atoms with Gasteiger partial charge in [0.2, 0.25) is 5.88 Å². The lowest BCUT2D eigenvalue weighted by atomic mass is 10.2. The van der Waals surface area contributed by atoms with E-state index in [1.807, 2.05) is 39.8 Å². The van der Waals surface area contributed by atoms with Crippen molar-refractivity contribution >= 4 is 5.69 Å². The molecule has 19 heavy (non-hydrogen) atoms. The lowest BCUT2D eigenvalue weighted by Gasteiger charge is -2.14. The minimum atomic E-state index is 0.104. The van der Waals surface area contributed by atoms with Crippen LogP contribution < -0.4 is 10.1 Å². The normalized spacial score (nSPS) is 10.8. The van der Waals surface area contributed by atoms with E-state index < -0.39 is 0 Å². The van der Waals surface area contributed by atoms with Gasteiger partial charge in [0.1, 0.15) is 0 Å². The van der Waals surface area contributed by atoms with Crippen molar-refractivity contribution in [3.05, 3.63) is 35.3 Å². The predicted molar refractivity (Wildman–Crippen MR) is 75.4 cm³/mol. The average Bonchev–Trinajstić information content (AvgIpc) is 2.68. The van der Waals surface area contributed by atoms with Gasteiger partial charge in [-0.15, -0.1) is 0 Å². The molecule has 102 valence electrons. The molecule has 0 aliphatic rings. The van der Waals surface area contributed by atoms with Gasteiger partial charge in [0.25, 0.3) is 0 Å². The Labute approximate surface area is 113 Å². The van der Waals surface area contributed by atoms with Gasteiger partial charge in [0.15, 0.2) is 0 Å². The third-order valence-corrected chi connectivity index (χ3v) is 2.85. The van der Waals surface area contributed by atoms with Crippen LogP contribution in [0.25, 0.3) is 0 Å². The van der Waals surface area contributed by atoms with Crippen LogP contribution in [-0.4, -0.2) is 21.3 Å². The molecule has 0 spiro atoms. The number of rotatable bonds is 5. The highest BCUT2D eigenvalue weighted by molar-refractivity contribution is 5.52. The van der Waals surface area contributed by atoms with Crippen LogP contribution >= 0.6 is 0 Å². The number of nitrogens with zero attached hydrogens (tertiary/aromatic N) is 2. The Morgan fingerprint density at radius 3 is 2.79 bits per heavy atom. The summed E-state index contributed by atoms with van der Waals surface area (Å²) in [5, 5.41) is 10.5. The number of aryl methyl sites for hydroxylation is 2. The lowest BCUT2D eigenvalue weighted by Crippen LogP contribution is -2.10. The van der Waals surface area contributed by atoms with E-state index in [1.165, 1.54) is 5.56 Å². The fourth-order valence-electron chi connectivity index (χ4n) is 1.86. The van der Waals surface area contributed by atoms with Crippen molar-refractivity contribution in [2.24, 2.45) is 0 Å². The van der Waals surface area contributed by atoms with E-state index in [1.54, 1.807) is 6.20 Å². The number of pyridine rings is 1. The molecule has 0 aliphatic heterocycles. The van der Waals surface area contributed by atoms with Gasteiger partial charge in [-0.05, 0) is 39.8 Å². The fourth-order valence-corrected chi connectivity index (χ4v) is 1.86. The number of hydrogen-bond donors (Lipinski definition) is 2. The molecule has 0 fully saturated rings. The summed E-state index contributed by atoms with van der Waals surface area (Å²) >= 11 is 0. The third kappa shape index (κ3) is 3.24. The topological polar surface area (TPSA) is 62.8 Å². The Kier molecular flexibility index (Phi) is 4.04. The van der Waals surface area contributed by atoms with Gasteiger partial charge in [-0.3, -0.25) is 5.10 Å². The zero-order valence-electron chi connectivity index (χ0n) is 11.8. The Balaban J connectivity index is 2.11. The first-order valence-corrected chi connectivity index (χ1v) is 6.44. The largest absolute Gasteiger partial charge is 0.473 e. The van der Waals surface area contributed by atoms with Gasteiger partial charge in [-0.1, -0.05) is 0 Å². The Morgan fingerprint density at radius 2 is 2.16 bits per heavy atom. The van der Waals surface area contributed by atoms with Crippen LogP contribution in [0.1, 0.15) is 30.8 Å². The van der Waals surface area contributed by atoms with Crippen LogP contribution in [0.5, 0.6) is 5.88 Å². The molecule has 2 aromatic rings. The summed E-state index contributed by atoms with van der Waals surface area (Å²) in [7, 11) is 0. The van der Waals surface area contributed by atoms with E-state index in [0.717, 1.165) is 17.1 Å². The molecule has 5 heteroatoms. The Hall–Kier alpha value is -2.04. The van der Waals surface area contributed by atoms with E-state index in [-0.39, 0.29) is 6.10 Å². The monoisotopic (exact) mass is 260 g/mol. The molecule has 0 saturated carbocycles. The molecule has 2 rings (SSSR count). The maximum absolute atomic E-state index is 5.68. The van der Waals surface area contributed by atoms with Crippen LogP contribution in [0.2, 0.25) is 0 Å². The molecule has 2 N–H and O–H groups in total. The van der Waals surface area contributed by atoms with Crippen LogP contribution in [0.4, 0.5) is 5.69 Å². The summed E-state index contributed by atoms with van der Waals surface area (Å²) < 4.78 is 5.68. The number of hydrogen-bond acceptors (Lipinski definition) is 4. The molecule has 0 aromatic carbocycles. The Bertz CT molecular complexity index is 529. The Morgan fingerprint density at radius 1 is 1.37 bits per heavy atom. The van der Waals surface area contributed by atoms with Gasteiger partial charge in [0.05, 0.1) is 17.5 Å². The second-order valence-electron chi connectivity index (χ2n) is 4.79. The summed E-state index contributed by atoms with van der Waals surface area (Å²) in [6.07, 6.45) is 1.84. The number of anilines is 1. The van der Waals surface area contributed by atoms with Gasteiger partial charge >= 0.3 is 0 Å². The molecule has 0 saturated heterocycles. The van der Waals surface area contributed by atoms with E-state index in [2.05, 4.69) is 20.5 Å². The standard InChI is InChI=1S/C14H20N4O/c1-9(2)19-14-13(6-5-7-15-14)16-8-12-10(3)17-18-11(12)4/h5-7,9,16H,8H2,1-4H3,(H,17,18). The molecular formula is C14H20N4O. The van der Waals surface area contributed by atoms with Crippen LogP contribution in [0, 0.1) is 13.8 Å². The molecule has 5 nitrogen and oxygen atoms in total. The summed E-state index contributed by atoms with van der Waals surface area (Å²) in [5.74, 6) is 0.635. The number of aromatic nitrogens is 3. The highest BCUT2D eigenvalue weighted by atomic mass is 16.5. The molecule has 0 aliphatic carbocycles. The van der Waals surface area contributed by atoms with E-state index in [9.17, 15) is 0 Å². The van der Waals surface area contributed by atoms with Gasteiger partial charge in [-0.2, -0.15) is 5.10 Å². The smallest absolute Gasteiger partial charge is 0.237 e. The first-order valence-electron chi connectivity index (χ1n) is 6.44. The van der Waals surface area contributed by atoms with E-state index in [0.29, 0.717) is 12.4 Å². The van der Waals surface area contributed by atoms with E-state index in [4.69, 9.17) is 4.74 Å². The molecule has 0 bridgehead atoms. The van der Waals surface area contributed by atoms with Crippen LogP contribution in [0.15, 0.2) is 18.3 Å². The highest BCUT2D eigenvalue weighted by Crippen LogP contribution is 2.23. The van der Waals surface area contributed by atoms with Gasteiger partial charge in [-0.25, -0.2) is 4.98 Å². The quantitative estimate of drug-likeness (QED) is 0.867. The van der Waals surface area contributed by atoms with Crippen molar-refractivity contribution in [3.63, 3.8) is 0 Å². The molecule has 2 aromatic heterocycles. The average molecular weight is 260 g/mol. The molecule has 0 unspecified atom stereocenters. The zero-order chi connectivity index (χ0) is 13.8. The molecular weight excluding hydrogens is 240 g/mol. The summed E-state index contributed by atoms with van der Waals surface area (Å²) in [4.78, 5) is 4.26. The number of ether oxygens (including phenoxy) is 1. The second-order valence-corrected chi connectivity index (χ2v) is 4.79. The summed E-state index contributed by atoms with van der Waals surface area (Å²) in [5.41, 5.74) is 4.18. The van der Waals surface area contributed by atoms with E-state index >= 15 is 0 Å². The molecule has 2 heterocycles. The maximum Gasteiger partial charge on any atom is 0.237 e. The van der Waals surface area contributed by atoms with Gasteiger partial charge < -0.3 is 10.1 Å². The van der Waals surface area contributed by atoms with Crippen molar-refractivity contribution < 1.29 is 4.74 Å². The first-order chi connectivity index (χ1) is 9.08. The van der Waals surface area contributed by atoms with Crippen LogP contribution in [0.3, 0.4) is 0 Å². The van der Waals surface area contributed by atoms with Gasteiger partial charge in [0, 0.05) is 24.0 Å². The number of nitrogens with one attached hydrogen (secondary N) is 2. The van der Waals surface area contributed by atoms with Crippen molar-refractivity contribution in [2.75, 3.05) is 5.32 Å². The second kappa shape index (κ2) is 5.73. The van der Waals surface area contributed by atoms with Crippen LogP contribution in [-0.2, 0) is 6.54 Å². The number of aromatic amines is 1. The molecule has 0 amide bonds. The number of H-pyrrole nitrogens is 1. The predicted octanol–water partition coefficient (Wildman–Crippen LogP) is 2.82. The maximum atomic E-state index is 5.68. The molecule has 0 atom stereocenters. The summed E-state index contributed by atoms with van der Waals surface area (Å²) in [6, 6.07) is 3.86. The minimum Gasteiger partial charge on any atom is -0.473 e. The van der Waals surface area contributed by atoms with Crippen molar-refractivity contribution in [3.8, 4) is 5.88 Å². The first kappa shape index (κ1) is 13.4. The lowest BCUT2D eigenvalue weighted by molar-refractivity contribution is 0.234. The SMILES string of the molecule is Cc1n[nH]c(C)c1CNc1cccnc1OC(C)C.